The van der Waals surface area contributed by atoms with Gasteiger partial charge in [-0.3, -0.25) is 9.59 Å². The molecule has 0 radical (unpaired) electrons. The van der Waals surface area contributed by atoms with E-state index in [1.165, 1.54) is 24.8 Å². The Kier molecular flexibility index (Phi) is 8.24. The molecule has 1 saturated heterocycles. The van der Waals surface area contributed by atoms with E-state index in [1.807, 2.05) is 14.1 Å². The second kappa shape index (κ2) is 9.82. The molecule has 2 fully saturated rings. The van der Waals surface area contributed by atoms with Crippen LogP contribution in [0.5, 0.6) is 0 Å². The lowest BCUT2D eigenvalue weighted by Gasteiger charge is -2.25. The average molecular weight is 434 g/mol. The molecule has 1 saturated carbocycles. The van der Waals surface area contributed by atoms with Gasteiger partial charge in [-0.1, -0.05) is 18.6 Å². The van der Waals surface area contributed by atoms with Gasteiger partial charge in [0.1, 0.15) is 10.9 Å². The van der Waals surface area contributed by atoms with E-state index in [0.717, 1.165) is 19.4 Å². The number of esters is 1. The first-order valence-corrected chi connectivity index (χ1v) is 10.9. The van der Waals surface area contributed by atoms with Crippen molar-refractivity contribution in [1.29, 1.82) is 0 Å². The lowest BCUT2D eigenvalue weighted by Crippen LogP contribution is -2.32. The fraction of sp³-hybridized carbons (Fsp3) is 0.810. The van der Waals surface area contributed by atoms with Crippen molar-refractivity contribution in [2.45, 2.75) is 63.3 Å². The average Bonchev–Trinajstić information content (AvgIpc) is 3.12. The second-order valence-corrected chi connectivity index (χ2v) is 10.3. The van der Waals surface area contributed by atoms with Gasteiger partial charge < -0.3 is 14.7 Å². The number of hydrogen-bond donors (Lipinski definition) is 1. The van der Waals surface area contributed by atoms with Crippen LogP contribution in [-0.4, -0.2) is 53.5 Å². The number of nitrogens with zero attached hydrogens (tertiary/aromatic N) is 1. The molecule has 28 heavy (non-hydrogen) atoms. The number of carboxylic acids is 1. The summed E-state index contributed by atoms with van der Waals surface area (Å²) >= 11 is 10.1. The molecule has 3 rings (SSSR count). The summed E-state index contributed by atoms with van der Waals surface area (Å²) in [5.41, 5.74) is 1.89. The van der Waals surface area contributed by atoms with Crippen molar-refractivity contribution >= 4 is 35.1 Å². The Balaban J connectivity index is 0.000000345. The topological polar surface area (TPSA) is 66.8 Å². The smallest absolute Gasteiger partial charge is 0.310 e. The lowest BCUT2D eigenvalue weighted by atomic mass is 9.80. The molecule has 0 aromatic carbocycles. The summed E-state index contributed by atoms with van der Waals surface area (Å²) in [5.74, 6) is 0.157. The Morgan fingerprint density at radius 3 is 2.64 bits per heavy atom. The minimum absolute atomic E-state index is 0.0498. The van der Waals surface area contributed by atoms with Crippen LogP contribution in [0.15, 0.2) is 11.6 Å². The van der Waals surface area contributed by atoms with Crippen LogP contribution in [0.2, 0.25) is 0 Å². The summed E-state index contributed by atoms with van der Waals surface area (Å²) < 4.78 is 5.88. The van der Waals surface area contributed by atoms with Crippen molar-refractivity contribution in [2.24, 2.45) is 23.2 Å². The Labute approximate surface area is 178 Å². The number of ether oxygens (including phenoxy) is 1. The van der Waals surface area contributed by atoms with Crippen LogP contribution < -0.4 is 0 Å². The number of aliphatic carboxylic acids is 1. The quantitative estimate of drug-likeness (QED) is 0.401. The maximum Gasteiger partial charge on any atom is 0.310 e. The number of rotatable bonds is 4. The fourth-order valence-electron chi connectivity index (χ4n) is 4.58. The van der Waals surface area contributed by atoms with E-state index >= 15 is 0 Å². The molecule has 5 nitrogen and oxygen atoms in total. The highest BCUT2D eigenvalue weighted by Crippen LogP contribution is 2.61. The zero-order chi connectivity index (χ0) is 21.1. The molecule has 5 atom stereocenters. The Bertz CT molecular complexity index is 607. The van der Waals surface area contributed by atoms with Crippen LogP contribution in [-0.2, 0) is 14.3 Å². The van der Waals surface area contributed by atoms with E-state index in [-0.39, 0.29) is 24.4 Å². The number of halogens is 2. The third-order valence-corrected chi connectivity index (χ3v) is 6.59. The van der Waals surface area contributed by atoms with Crippen LogP contribution in [0.3, 0.4) is 0 Å². The van der Waals surface area contributed by atoms with Crippen molar-refractivity contribution in [3.8, 4) is 0 Å². The van der Waals surface area contributed by atoms with Crippen molar-refractivity contribution < 1.29 is 19.4 Å². The predicted molar refractivity (Wildman–Crippen MR) is 112 cm³/mol. The number of hydrogen-bond acceptors (Lipinski definition) is 4. The first-order chi connectivity index (χ1) is 13.0. The van der Waals surface area contributed by atoms with Gasteiger partial charge in [0.15, 0.2) is 0 Å². The SMILES string of the molecule is C/C1=C\CC[C@@]2(C)CC2C2OC(=O)[C@@H](CN(C)C)C2CC1.O=C(O)CC(Cl)Cl. The second-order valence-electron chi connectivity index (χ2n) is 9.02. The van der Waals surface area contributed by atoms with Crippen molar-refractivity contribution in [1.82, 2.24) is 4.90 Å². The van der Waals surface area contributed by atoms with Gasteiger partial charge in [-0.15, -0.1) is 23.2 Å². The number of carbonyl (C=O) groups excluding carboxylic acids is 1. The Morgan fingerprint density at radius 1 is 1.43 bits per heavy atom. The Morgan fingerprint density at radius 2 is 2.11 bits per heavy atom. The molecular weight excluding hydrogens is 401 g/mol. The molecule has 1 aliphatic heterocycles. The fourth-order valence-corrected chi connectivity index (χ4v) is 4.85. The van der Waals surface area contributed by atoms with Gasteiger partial charge in [0.2, 0.25) is 0 Å². The lowest BCUT2D eigenvalue weighted by molar-refractivity contribution is -0.145. The van der Waals surface area contributed by atoms with Crippen LogP contribution in [0.25, 0.3) is 0 Å². The highest BCUT2D eigenvalue weighted by Gasteiger charge is 2.60. The predicted octanol–water partition coefficient (Wildman–Crippen LogP) is 4.52. The van der Waals surface area contributed by atoms with E-state index in [4.69, 9.17) is 33.0 Å². The highest BCUT2D eigenvalue weighted by molar-refractivity contribution is 6.44. The minimum Gasteiger partial charge on any atom is -0.481 e. The van der Waals surface area contributed by atoms with Gasteiger partial charge in [-0.05, 0) is 58.5 Å². The largest absolute Gasteiger partial charge is 0.481 e. The third-order valence-electron chi connectivity index (χ3n) is 6.28. The number of carbonyl (C=O) groups is 2. The molecule has 160 valence electrons. The molecule has 0 aromatic rings. The number of carboxylic acid groups (broad SMARTS) is 1. The Hall–Kier alpha value is -0.780. The summed E-state index contributed by atoms with van der Waals surface area (Å²) in [6, 6.07) is 0. The van der Waals surface area contributed by atoms with Gasteiger partial charge in [0, 0.05) is 18.4 Å². The van der Waals surface area contributed by atoms with Crippen molar-refractivity contribution in [3.05, 3.63) is 11.6 Å². The van der Waals surface area contributed by atoms with Gasteiger partial charge in [0.25, 0.3) is 0 Å². The summed E-state index contributed by atoms with van der Waals surface area (Å²) in [6.07, 6.45) is 8.29. The monoisotopic (exact) mass is 433 g/mol. The summed E-state index contributed by atoms with van der Waals surface area (Å²) in [6.45, 7) is 5.45. The normalized spacial score (nSPS) is 36.4. The molecule has 1 heterocycles. The van der Waals surface area contributed by atoms with E-state index in [9.17, 15) is 9.59 Å². The van der Waals surface area contributed by atoms with E-state index in [0.29, 0.717) is 17.3 Å². The van der Waals surface area contributed by atoms with E-state index in [1.54, 1.807) is 0 Å². The maximum atomic E-state index is 12.4. The van der Waals surface area contributed by atoms with Crippen LogP contribution >= 0.6 is 23.2 Å². The molecule has 0 aromatic heterocycles. The first-order valence-electron chi connectivity index (χ1n) is 10.0. The molecule has 1 N–H and O–H groups in total. The molecule has 0 amide bonds. The van der Waals surface area contributed by atoms with Gasteiger partial charge in [0.05, 0.1) is 12.3 Å². The van der Waals surface area contributed by atoms with Crippen LogP contribution in [0, 0.1) is 23.2 Å². The van der Waals surface area contributed by atoms with Gasteiger partial charge in [-0.2, -0.15) is 0 Å². The molecular formula is C21H33Cl2NO4. The zero-order valence-electron chi connectivity index (χ0n) is 17.3. The number of allylic oxidation sites excluding steroid dienone is 2. The standard InChI is InChI=1S/C18H29NO2.C3H4Cl2O2/c1-12-6-5-9-18(2)10-15(18)16-13(8-7-12)14(11-19(3)4)17(20)21-16;4-2(5)1-3(6)7/h6,13-16H,5,7-11H2,1-4H3;2H,1H2,(H,6,7)/b12-6+;/t13?,14-,15?,16?,18-;/m0./s1. The van der Waals surface area contributed by atoms with Crippen LogP contribution in [0.4, 0.5) is 0 Å². The highest BCUT2D eigenvalue weighted by atomic mass is 35.5. The van der Waals surface area contributed by atoms with E-state index < -0.39 is 10.8 Å². The third kappa shape index (κ3) is 6.36. The van der Waals surface area contributed by atoms with Gasteiger partial charge >= 0.3 is 11.9 Å². The molecule has 2 aliphatic carbocycles. The summed E-state index contributed by atoms with van der Waals surface area (Å²) in [7, 11) is 4.10. The van der Waals surface area contributed by atoms with Crippen molar-refractivity contribution in [3.63, 3.8) is 0 Å². The molecule has 3 unspecified atom stereocenters. The zero-order valence-corrected chi connectivity index (χ0v) is 18.8. The molecule has 0 spiro atoms. The number of fused-ring (bicyclic) bond motifs is 3. The van der Waals surface area contributed by atoms with E-state index in [2.05, 4.69) is 24.8 Å². The van der Waals surface area contributed by atoms with Crippen LogP contribution in [0.1, 0.15) is 52.4 Å². The molecule has 0 bridgehead atoms. The number of alkyl halides is 2. The van der Waals surface area contributed by atoms with Crippen molar-refractivity contribution in [2.75, 3.05) is 20.6 Å². The minimum atomic E-state index is -0.977. The summed E-state index contributed by atoms with van der Waals surface area (Å²) in [5, 5.41) is 7.92. The molecule has 3 aliphatic rings. The summed E-state index contributed by atoms with van der Waals surface area (Å²) in [4.78, 5) is 23.3. The van der Waals surface area contributed by atoms with Gasteiger partial charge in [-0.25, -0.2) is 0 Å². The maximum absolute atomic E-state index is 12.4. The molecule has 7 heteroatoms. The first kappa shape index (κ1) is 23.5.